The van der Waals surface area contributed by atoms with Crippen LogP contribution in [0.4, 0.5) is 11.4 Å². The van der Waals surface area contributed by atoms with E-state index in [1.54, 1.807) is 6.07 Å². The Balaban J connectivity index is 2.51. The minimum atomic E-state index is -0.391. The van der Waals surface area contributed by atoms with Gasteiger partial charge in [-0.1, -0.05) is 11.6 Å². The van der Waals surface area contributed by atoms with Crippen molar-refractivity contribution in [3.05, 3.63) is 32.8 Å². The number of fused-ring (bicyclic) bond motifs is 1. The predicted molar refractivity (Wildman–Crippen MR) is 62.9 cm³/mol. The Kier molecular flexibility index (Phi) is 2.98. The molecule has 86 valence electrons. The number of anilines is 1. The third-order valence-electron chi connectivity index (χ3n) is 2.64. The molecule has 0 saturated carbocycles. The second kappa shape index (κ2) is 4.27. The molecule has 5 nitrogen and oxygen atoms in total. The topological polar surface area (TPSA) is 67.2 Å². The lowest BCUT2D eigenvalue weighted by molar-refractivity contribution is -0.384. The van der Waals surface area contributed by atoms with Gasteiger partial charge in [0, 0.05) is 35.8 Å². The van der Waals surface area contributed by atoms with Crippen LogP contribution in [0.25, 0.3) is 0 Å². The zero-order valence-corrected chi connectivity index (χ0v) is 9.54. The number of halogens is 1. The average Bonchev–Trinajstić information content (AvgIpc) is 2.42. The Hall–Kier alpha value is -1.33. The van der Waals surface area contributed by atoms with E-state index < -0.39 is 4.92 Å². The van der Waals surface area contributed by atoms with E-state index in [9.17, 15) is 10.1 Å². The number of nitrogens with zero attached hydrogens (tertiary/aromatic N) is 1. The van der Waals surface area contributed by atoms with E-state index in [1.807, 2.05) is 6.92 Å². The molecule has 1 atom stereocenters. The Morgan fingerprint density at radius 1 is 1.56 bits per heavy atom. The fourth-order valence-corrected chi connectivity index (χ4v) is 1.96. The molecule has 0 radical (unpaired) electrons. The molecule has 1 aliphatic rings. The van der Waals surface area contributed by atoms with Gasteiger partial charge in [0.25, 0.3) is 5.69 Å². The minimum Gasteiger partial charge on any atom is -0.378 e. The summed E-state index contributed by atoms with van der Waals surface area (Å²) < 4.78 is 0. The first-order valence-corrected chi connectivity index (χ1v) is 5.40. The smallest absolute Gasteiger partial charge is 0.292 e. The van der Waals surface area contributed by atoms with E-state index in [2.05, 4.69) is 10.6 Å². The lowest BCUT2D eigenvalue weighted by Crippen LogP contribution is -2.29. The first kappa shape index (κ1) is 11.2. The van der Waals surface area contributed by atoms with E-state index in [1.165, 1.54) is 6.07 Å². The maximum atomic E-state index is 10.9. The standard InChI is InChI=1S/C10H12ClN3O2/c1-6-4-13-10-7(5-12-6)8(11)2-3-9(10)14(15)16/h2-3,6,12-13H,4-5H2,1H3/t6-/m0/s1. The van der Waals surface area contributed by atoms with Crippen LogP contribution in [0.1, 0.15) is 12.5 Å². The summed E-state index contributed by atoms with van der Waals surface area (Å²) in [5.41, 5.74) is 1.38. The molecule has 1 aliphatic heterocycles. The molecule has 16 heavy (non-hydrogen) atoms. The van der Waals surface area contributed by atoms with Gasteiger partial charge in [-0.2, -0.15) is 0 Å². The fourth-order valence-electron chi connectivity index (χ4n) is 1.74. The monoisotopic (exact) mass is 241 g/mol. The number of benzene rings is 1. The second-order valence-corrected chi connectivity index (χ2v) is 4.25. The van der Waals surface area contributed by atoms with Crippen LogP contribution >= 0.6 is 11.6 Å². The van der Waals surface area contributed by atoms with E-state index in [4.69, 9.17) is 11.6 Å². The predicted octanol–water partition coefficient (Wildman–Crippen LogP) is 2.15. The lowest BCUT2D eigenvalue weighted by Gasteiger charge is -2.09. The highest BCUT2D eigenvalue weighted by Gasteiger charge is 2.22. The summed E-state index contributed by atoms with van der Waals surface area (Å²) in [5.74, 6) is 0. The molecule has 2 rings (SSSR count). The van der Waals surface area contributed by atoms with E-state index in [-0.39, 0.29) is 11.7 Å². The number of nitro benzene ring substituents is 1. The number of nitrogens with one attached hydrogen (secondary N) is 2. The Bertz CT molecular complexity index is 436. The number of hydrogen-bond acceptors (Lipinski definition) is 4. The van der Waals surface area contributed by atoms with Crippen LogP contribution in [0.5, 0.6) is 0 Å². The van der Waals surface area contributed by atoms with Gasteiger partial charge in [0.2, 0.25) is 0 Å². The molecule has 1 aromatic carbocycles. The molecule has 1 aromatic rings. The zero-order chi connectivity index (χ0) is 11.7. The highest BCUT2D eigenvalue weighted by Crippen LogP contribution is 2.34. The van der Waals surface area contributed by atoms with Crippen molar-refractivity contribution in [1.82, 2.24) is 5.32 Å². The summed E-state index contributed by atoms with van der Waals surface area (Å²) in [7, 11) is 0. The van der Waals surface area contributed by atoms with E-state index in [0.717, 1.165) is 5.56 Å². The molecule has 0 aliphatic carbocycles. The number of rotatable bonds is 1. The van der Waals surface area contributed by atoms with Gasteiger partial charge in [0.15, 0.2) is 0 Å². The molecule has 2 N–H and O–H groups in total. The third kappa shape index (κ3) is 1.96. The molecule has 0 amide bonds. The van der Waals surface area contributed by atoms with Gasteiger partial charge in [-0.25, -0.2) is 0 Å². The molecule has 1 heterocycles. The van der Waals surface area contributed by atoms with Gasteiger partial charge in [-0.05, 0) is 13.0 Å². The van der Waals surface area contributed by atoms with Crippen LogP contribution in [-0.4, -0.2) is 17.5 Å². The molecule has 0 aromatic heterocycles. The van der Waals surface area contributed by atoms with Crippen molar-refractivity contribution < 1.29 is 4.92 Å². The summed E-state index contributed by atoms with van der Waals surface area (Å²) in [6.45, 7) is 3.21. The van der Waals surface area contributed by atoms with Crippen molar-refractivity contribution in [1.29, 1.82) is 0 Å². The van der Waals surface area contributed by atoms with Gasteiger partial charge in [0.1, 0.15) is 5.69 Å². The molecule has 6 heteroatoms. The van der Waals surface area contributed by atoms with Gasteiger partial charge >= 0.3 is 0 Å². The summed E-state index contributed by atoms with van der Waals surface area (Å²) >= 11 is 6.04. The van der Waals surface area contributed by atoms with E-state index in [0.29, 0.717) is 23.8 Å². The van der Waals surface area contributed by atoms with E-state index >= 15 is 0 Å². The second-order valence-electron chi connectivity index (χ2n) is 3.84. The van der Waals surface area contributed by atoms with Gasteiger partial charge in [-0.15, -0.1) is 0 Å². The lowest BCUT2D eigenvalue weighted by atomic mass is 10.1. The molecular formula is C10H12ClN3O2. The highest BCUT2D eigenvalue weighted by molar-refractivity contribution is 6.32. The van der Waals surface area contributed by atoms with Crippen molar-refractivity contribution in [3.63, 3.8) is 0 Å². The van der Waals surface area contributed by atoms with Crippen molar-refractivity contribution in [2.45, 2.75) is 19.5 Å². The van der Waals surface area contributed by atoms with Crippen LogP contribution in [0.2, 0.25) is 5.02 Å². The number of hydrogen-bond donors (Lipinski definition) is 2. The van der Waals surface area contributed by atoms with Gasteiger partial charge in [-0.3, -0.25) is 10.1 Å². The maximum Gasteiger partial charge on any atom is 0.292 e. The van der Waals surface area contributed by atoms with Gasteiger partial charge in [0.05, 0.1) is 4.92 Å². The maximum absolute atomic E-state index is 10.9. The molecular weight excluding hydrogens is 230 g/mol. The molecule has 0 bridgehead atoms. The van der Waals surface area contributed by atoms with Crippen LogP contribution in [0.3, 0.4) is 0 Å². The van der Waals surface area contributed by atoms with Crippen LogP contribution < -0.4 is 10.6 Å². The molecule has 0 saturated heterocycles. The van der Waals surface area contributed by atoms with Crippen LogP contribution in [0, 0.1) is 10.1 Å². The summed E-state index contributed by atoms with van der Waals surface area (Å²) in [6.07, 6.45) is 0. The Labute approximate surface area is 97.9 Å². The third-order valence-corrected chi connectivity index (χ3v) is 3.00. The summed E-state index contributed by atoms with van der Waals surface area (Å²) in [5, 5.41) is 17.7. The minimum absolute atomic E-state index is 0.0790. The average molecular weight is 242 g/mol. The molecule has 0 fully saturated rings. The first-order valence-electron chi connectivity index (χ1n) is 5.02. The largest absolute Gasteiger partial charge is 0.378 e. The first-order chi connectivity index (χ1) is 7.59. The number of nitro groups is 1. The Morgan fingerprint density at radius 2 is 2.31 bits per heavy atom. The Morgan fingerprint density at radius 3 is 3.00 bits per heavy atom. The van der Waals surface area contributed by atoms with Crippen LogP contribution in [0.15, 0.2) is 12.1 Å². The van der Waals surface area contributed by atoms with Crippen molar-refractivity contribution in [2.24, 2.45) is 0 Å². The summed E-state index contributed by atoms with van der Waals surface area (Å²) in [6, 6.07) is 3.25. The van der Waals surface area contributed by atoms with Crippen LogP contribution in [-0.2, 0) is 6.54 Å². The SMILES string of the molecule is C[C@H]1CNc2c([N+](=O)[O-])ccc(Cl)c2CN1. The van der Waals surface area contributed by atoms with Crippen molar-refractivity contribution in [2.75, 3.05) is 11.9 Å². The van der Waals surface area contributed by atoms with Crippen molar-refractivity contribution >= 4 is 23.0 Å². The zero-order valence-electron chi connectivity index (χ0n) is 8.79. The van der Waals surface area contributed by atoms with Gasteiger partial charge < -0.3 is 10.6 Å². The van der Waals surface area contributed by atoms with Crippen molar-refractivity contribution in [3.8, 4) is 0 Å². The summed E-state index contributed by atoms with van der Waals surface area (Å²) in [4.78, 5) is 10.5. The highest BCUT2D eigenvalue weighted by atomic mass is 35.5. The molecule has 0 unspecified atom stereocenters. The quantitative estimate of drug-likeness (QED) is 0.584. The fraction of sp³-hybridized carbons (Fsp3) is 0.400. The normalized spacial score (nSPS) is 19.5. The molecule has 0 spiro atoms.